The van der Waals surface area contributed by atoms with Gasteiger partial charge < -0.3 is 50.4 Å². The summed E-state index contributed by atoms with van der Waals surface area (Å²) in [5.41, 5.74) is 10.8. The van der Waals surface area contributed by atoms with Crippen LogP contribution >= 0.6 is 0 Å². The van der Waals surface area contributed by atoms with Crippen molar-refractivity contribution in [2.75, 3.05) is 0 Å². The Bertz CT molecular complexity index is 1400. The van der Waals surface area contributed by atoms with Crippen molar-refractivity contribution in [3.8, 4) is 0 Å². The lowest BCUT2D eigenvalue weighted by molar-refractivity contribution is -0.269. The van der Waals surface area contributed by atoms with Crippen molar-refractivity contribution in [2.24, 2.45) is 5.11 Å². The summed E-state index contributed by atoms with van der Waals surface area (Å²) in [5.74, 6) is 0. The molecule has 17 nitrogen and oxygen atoms in total. The minimum Gasteiger partial charge on any atom is -0.465 e. The van der Waals surface area contributed by atoms with E-state index < -0.39 is 79.3 Å². The van der Waals surface area contributed by atoms with Crippen LogP contribution in [0, 0.1) is 0 Å². The number of aliphatic hydroxyl groups excluding tert-OH is 3. The van der Waals surface area contributed by atoms with Gasteiger partial charge in [0.05, 0.1) is 36.4 Å². The minimum absolute atomic E-state index is 0.0216. The zero-order valence-corrected chi connectivity index (χ0v) is 25.3. The third-order valence-corrected chi connectivity index (χ3v) is 8.25. The van der Waals surface area contributed by atoms with Gasteiger partial charge in [0.2, 0.25) is 0 Å². The quantitative estimate of drug-likeness (QED) is 0.105. The molecule has 17 heteroatoms. The molecular formula is C30H38N6O11. The molecule has 2 aromatic carbocycles. The van der Waals surface area contributed by atoms with Crippen LogP contribution in [-0.4, -0.2) is 110 Å². The maximum absolute atomic E-state index is 13.5. The Balaban J connectivity index is 1.57. The molecule has 1 saturated carbocycles. The number of amides is 3. The largest absolute Gasteiger partial charge is 0.465 e. The van der Waals surface area contributed by atoms with E-state index in [-0.39, 0.29) is 19.6 Å². The normalized spacial score (nSPS) is 29.4. The summed E-state index contributed by atoms with van der Waals surface area (Å²) in [4.78, 5) is 40.7. The summed E-state index contributed by atoms with van der Waals surface area (Å²) in [6, 6.07) is 13.3. The van der Waals surface area contributed by atoms with E-state index >= 15 is 0 Å². The van der Waals surface area contributed by atoms with Crippen LogP contribution < -0.4 is 10.6 Å². The molecule has 2 unspecified atom stereocenters. The van der Waals surface area contributed by atoms with Gasteiger partial charge >= 0.3 is 18.3 Å². The predicted molar refractivity (Wildman–Crippen MR) is 162 cm³/mol. The van der Waals surface area contributed by atoms with Crippen molar-refractivity contribution in [3.63, 3.8) is 0 Å². The number of hydrogen-bond donors (Lipinski definition) is 7. The highest BCUT2D eigenvalue weighted by Crippen LogP contribution is 2.32. The van der Waals surface area contributed by atoms with Crippen LogP contribution in [0.5, 0.6) is 0 Å². The van der Waals surface area contributed by atoms with Crippen LogP contribution in [0.1, 0.15) is 30.9 Å². The Morgan fingerprint density at radius 3 is 2.13 bits per heavy atom. The molecule has 1 aliphatic heterocycles. The molecule has 47 heavy (non-hydrogen) atoms. The second-order valence-corrected chi connectivity index (χ2v) is 11.3. The molecule has 3 amide bonds. The van der Waals surface area contributed by atoms with E-state index in [0.29, 0.717) is 6.42 Å². The summed E-state index contributed by atoms with van der Waals surface area (Å²) in [6.45, 7) is 1.92. The van der Waals surface area contributed by atoms with Crippen LogP contribution in [0.3, 0.4) is 0 Å². The monoisotopic (exact) mass is 658 g/mol. The summed E-state index contributed by atoms with van der Waals surface area (Å²) in [7, 11) is 0. The molecule has 2 aliphatic rings. The maximum Gasteiger partial charge on any atom is 0.410 e. The molecule has 0 aromatic heterocycles. The van der Waals surface area contributed by atoms with Crippen LogP contribution in [0.2, 0.25) is 0 Å². The van der Waals surface area contributed by atoms with Crippen LogP contribution in [0.25, 0.3) is 10.4 Å². The van der Waals surface area contributed by atoms with Gasteiger partial charge in [-0.1, -0.05) is 65.8 Å². The maximum atomic E-state index is 13.5. The highest BCUT2D eigenvalue weighted by atomic mass is 16.7. The van der Waals surface area contributed by atoms with E-state index in [1.165, 1.54) is 4.90 Å². The van der Waals surface area contributed by atoms with Gasteiger partial charge in [-0.15, -0.1) is 0 Å². The highest BCUT2D eigenvalue weighted by molar-refractivity contribution is 5.68. The van der Waals surface area contributed by atoms with Crippen molar-refractivity contribution in [3.05, 3.63) is 82.2 Å². The number of ether oxygens (including phenoxy) is 3. The fraction of sp³-hybridized carbons (Fsp3) is 0.500. The first-order valence-corrected chi connectivity index (χ1v) is 14.9. The lowest BCUT2D eigenvalue weighted by Crippen LogP contribution is -2.73. The third kappa shape index (κ3) is 9.00. The zero-order chi connectivity index (χ0) is 34.1. The van der Waals surface area contributed by atoms with E-state index in [1.807, 2.05) is 71.3 Å². The average Bonchev–Trinajstić information content (AvgIpc) is 3.06. The van der Waals surface area contributed by atoms with Crippen molar-refractivity contribution in [1.82, 2.24) is 15.5 Å². The Hall–Kier alpha value is -4.64. The first kappa shape index (κ1) is 35.2. The molecule has 10 atom stereocenters. The molecule has 0 spiro atoms. The molecule has 0 bridgehead atoms. The molecular weight excluding hydrogens is 620 g/mol. The first-order valence-electron chi connectivity index (χ1n) is 14.9. The fourth-order valence-electron chi connectivity index (χ4n) is 5.80. The van der Waals surface area contributed by atoms with Crippen molar-refractivity contribution < 1.29 is 54.1 Å². The topological polar surface area (TPSA) is 256 Å². The Morgan fingerprint density at radius 2 is 1.53 bits per heavy atom. The summed E-state index contributed by atoms with van der Waals surface area (Å²) >= 11 is 0. The smallest absolute Gasteiger partial charge is 0.410 e. The standard InChI is InChI=1S/C30H38N6O11/c1-16(36(14-17-8-4-2-5-9-17)30(44)45-15-18-10-6-3-7-11-18)20-13-12-19(34-35-31)27(46-20)47-26-22(33-29(42)43)23(37)21(32-28(40)41)24(38)25(26)39/h2-11,16,19-27,32-33,37-39H,12-15H2,1H3,(H,40,41)(H,42,43)/t16?,19-,20+,21-,22+,23-,24+,25-,26-,27?/m1/s1. The number of carboxylic acid groups (broad SMARTS) is 2. The molecule has 2 fully saturated rings. The van der Waals surface area contributed by atoms with Gasteiger partial charge in [0.25, 0.3) is 0 Å². The van der Waals surface area contributed by atoms with E-state index in [2.05, 4.69) is 10.0 Å². The van der Waals surface area contributed by atoms with Crippen LogP contribution in [-0.2, 0) is 27.4 Å². The number of benzene rings is 2. The van der Waals surface area contributed by atoms with Crippen LogP contribution in [0.15, 0.2) is 65.8 Å². The number of carbonyl (C=O) groups excluding carboxylic acids is 1. The Morgan fingerprint density at radius 1 is 0.936 bits per heavy atom. The molecule has 0 radical (unpaired) electrons. The van der Waals surface area contributed by atoms with Crippen LogP contribution in [0.4, 0.5) is 14.4 Å². The van der Waals surface area contributed by atoms with E-state index in [4.69, 9.17) is 19.3 Å². The summed E-state index contributed by atoms with van der Waals surface area (Å²) in [5, 5.41) is 58.6. The molecule has 254 valence electrons. The van der Waals surface area contributed by atoms with Gasteiger partial charge in [-0.2, -0.15) is 0 Å². The predicted octanol–water partition coefficient (Wildman–Crippen LogP) is 2.15. The molecule has 2 aromatic rings. The lowest BCUT2D eigenvalue weighted by atomic mass is 9.81. The number of rotatable bonds is 11. The Kier molecular flexibility index (Phi) is 12.2. The van der Waals surface area contributed by atoms with Gasteiger partial charge in [-0.25, -0.2) is 14.4 Å². The van der Waals surface area contributed by atoms with Gasteiger partial charge in [-0.3, -0.25) is 4.90 Å². The SMILES string of the molecule is CC([C@@H]1CC[C@@H](N=[N+]=[N-])C(O[C@H]2[C@H](O)[C@@H](O)[C@H](NC(=O)O)[C@@H](O)[C@@H]2NC(=O)O)O1)N(Cc1ccccc1)C(=O)OCc1ccccc1. The number of carbonyl (C=O) groups is 3. The summed E-state index contributed by atoms with van der Waals surface area (Å²) in [6.07, 6.45) is -13.0. The number of nitrogens with one attached hydrogen (secondary N) is 2. The minimum atomic E-state index is -1.93. The molecule has 1 aliphatic carbocycles. The lowest BCUT2D eigenvalue weighted by Gasteiger charge is -2.48. The van der Waals surface area contributed by atoms with E-state index in [9.17, 15) is 40.3 Å². The van der Waals surface area contributed by atoms with Gasteiger partial charge in [0.15, 0.2) is 6.29 Å². The van der Waals surface area contributed by atoms with Crippen molar-refractivity contribution in [1.29, 1.82) is 0 Å². The summed E-state index contributed by atoms with van der Waals surface area (Å²) < 4.78 is 17.8. The molecule has 1 heterocycles. The average molecular weight is 659 g/mol. The number of aliphatic hydroxyl groups is 3. The highest BCUT2D eigenvalue weighted by Gasteiger charge is 2.53. The van der Waals surface area contributed by atoms with E-state index in [0.717, 1.165) is 11.1 Å². The first-order chi connectivity index (χ1) is 22.5. The number of azide groups is 1. The second kappa shape index (κ2) is 16.3. The zero-order valence-electron chi connectivity index (χ0n) is 25.3. The van der Waals surface area contributed by atoms with Crippen molar-refractivity contribution >= 4 is 18.3 Å². The second-order valence-electron chi connectivity index (χ2n) is 11.3. The van der Waals surface area contributed by atoms with Crippen molar-refractivity contribution in [2.45, 2.75) is 93.9 Å². The fourth-order valence-corrected chi connectivity index (χ4v) is 5.80. The third-order valence-electron chi connectivity index (χ3n) is 8.25. The number of hydrogen-bond acceptors (Lipinski definition) is 10. The molecule has 7 N–H and O–H groups in total. The Labute approximate surface area is 269 Å². The number of nitrogens with zero attached hydrogens (tertiary/aromatic N) is 4. The molecule has 1 saturated heterocycles. The van der Waals surface area contributed by atoms with Gasteiger partial charge in [0, 0.05) is 11.5 Å². The van der Waals surface area contributed by atoms with Gasteiger partial charge in [-0.05, 0) is 36.4 Å². The van der Waals surface area contributed by atoms with E-state index in [1.54, 1.807) is 6.92 Å². The molecule has 4 rings (SSSR count). The van der Waals surface area contributed by atoms with Gasteiger partial charge in [0.1, 0.15) is 24.9 Å².